The number of carbonyl (C=O) groups excluding carboxylic acids is 2. The number of amides is 2. The molecule has 2 N–H and O–H groups in total. The molecule has 2 rings (SSSR count). The fraction of sp³-hybridized carbons (Fsp3) is 0.318. The van der Waals surface area contributed by atoms with Crippen LogP contribution in [0.25, 0.3) is 0 Å². The normalized spacial score (nSPS) is 12.1. The third-order valence-electron chi connectivity index (χ3n) is 4.18. The highest BCUT2D eigenvalue weighted by Gasteiger charge is 2.24. The smallest absolute Gasteiger partial charge is 0.262 e. The molecule has 0 saturated carbocycles. The zero-order valence-electron chi connectivity index (χ0n) is 17.1. The first-order valence-corrected chi connectivity index (χ1v) is 10.4. The van der Waals surface area contributed by atoms with Crippen LogP contribution in [0.4, 0.5) is 0 Å². The Bertz CT molecular complexity index is 916. The van der Waals surface area contributed by atoms with Crippen molar-refractivity contribution >= 4 is 41.2 Å². The van der Waals surface area contributed by atoms with Gasteiger partial charge in [0, 0.05) is 11.1 Å². The molecule has 1 atom stereocenters. The summed E-state index contributed by atoms with van der Waals surface area (Å²) in [6.45, 7) is 6.27. The van der Waals surface area contributed by atoms with Gasteiger partial charge >= 0.3 is 0 Å². The van der Waals surface area contributed by atoms with Crippen LogP contribution in [0.1, 0.15) is 43.1 Å². The molecule has 0 aliphatic rings. The van der Waals surface area contributed by atoms with Gasteiger partial charge in [0.25, 0.3) is 11.8 Å². The molecule has 160 valence electrons. The van der Waals surface area contributed by atoms with Crippen molar-refractivity contribution in [1.82, 2.24) is 10.7 Å². The molecule has 0 heterocycles. The molecule has 2 amide bonds. The Labute approximate surface area is 186 Å². The third-order valence-corrected chi connectivity index (χ3v) is 4.92. The first-order chi connectivity index (χ1) is 14.3. The van der Waals surface area contributed by atoms with Gasteiger partial charge in [-0.1, -0.05) is 56.1 Å². The summed E-state index contributed by atoms with van der Waals surface area (Å²) in [6, 6.07) is 11.2. The van der Waals surface area contributed by atoms with Crippen LogP contribution in [0, 0.1) is 5.92 Å². The monoisotopic (exact) mass is 449 g/mol. The maximum absolute atomic E-state index is 12.6. The lowest BCUT2D eigenvalue weighted by molar-refractivity contribution is -0.123. The summed E-state index contributed by atoms with van der Waals surface area (Å²) >= 11 is 11.9. The second-order valence-electron chi connectivity index (χ2n) is 6.94. The van der Waals surface area contributed by atoms with E-state index in [2.05, 4.69) is 15.8 Å². The zero-order valence-corrected chi connectivity index (χ0v) is 18.6. The maximum atomic E-state index is 12.6. The standard InChI is InChI=1S/C22H25Cl2N3O3/c1-4-11-30-19-8-6-5-7-16(19)13-25-27-22(29)20(14(2)3)26-21(28)15-9-10-17(23)18(24)12-15/h5-10,12-14,20H,4,11H2,1-3H3,(H,26,28)(H,27,29). The number of carbonyl (C=O) groups is 2. The Morgan fingerprint density at radius 2 is 1.87 bits per heavy atom. The molecule has 0 fully saturated rings. The summed E-state index contributed by atoms with van der Waals surface area (Å²) in [7, 11) is 0. The maximum Gasteiger partial charge on any atom is 0.262 e. The van der Waals surface area contributed by atoms with Crippen LogP contribution < -0.4 is 15.5 Å². The Kier molecular flexibility index (Phi) is 9.15. The van der Waals surface area contributed by atoms with Crippen molar-refractivity contribution in [2.45, 2.75) is 33.2 Å². The van der Waals surface area contributed by atoms with Crippen LogP contribution in [0.3, 0.4) is 0 Å². The summed E-state index contributed by atoms with van der Waals surface area (Å²) in [5.41, 5.74) is 3.54. The van der Waals surface area contributed by atoms with Gasteiger partial charge in [0.2, 0.25) is 0 Å². The van der Waals surface area contributed by atoms with Crippen LogP contribution in [-0.2, 0) is 4.79 Å². The third kappa shape index (κ3) is 6.75. The highest BCUT2D eigenvalue weighted by molar-refractivity contribution is 6.42. The number of halogens is 2. The average molecular weight is 450 g/mol. The Balaban J connectivity index is 2.04. The van der Waals surface area contributed by atoms with Gasteiger partial charge in [0.1, 0.15) is 11.8 Å². The van der Waals surface area contributed by atoms with E-state index in [1.54, 1.807) is 6.07 Å². The van der Waals surface area contributed by atoms with Crippen molar-refractivity contribution in [1.29, 1.82) is 0 Å². The molecular formula is C22H25Cl2N3O3. The number of hydrogen-bond acceptors (Lipinski definition) is 4. The van der Waals surface area contributed by atoms with Gasteiger partial charge in [-0.15, -0.1) is 0 Å². The number of ether oxygens (including phenoxy) is 1. The Morgan fingerprint density at radius 3 is 2.53 bits per heavy atom. The summed E-state index contributed by atoms with van der Waals surface area (Å²) in [4.78, 5) is 25.1. The molecule has 0 aromatic heterocycles. The molecule has 0 radical (unpaired) electrons. The van der Waals surface area contributed by atoms with Crippen LogP contribution in [0.5, 0.6) is 5.75 Å². The lowest BCUT2D eigenvalue weighted by Crippen LogP contribution is -2.48. The van der Waals surface area contributed by atoms with Crippen LogP contribution >= 0.6 is 23.2 Å². The average Bonchev–Trinajstić information content (AvgIpc) is 2.72. The molecule has 2 aromatic carbocycles. The number of para-hydroxylation sites is 1. The Morgan fingerprint density at radius 1 is 1.13 bits per heavy atom. The molecule has 0 aliphatic carbocycles. The number of benzene rings is 2. The van der Waals surface area contributed by atoms with E-state index >= 15 is 0 Å². The van der Waals surface area contributed by atoms with Crippen molar-refractivity contribution in [2.24, 2.45) is 11.0 Å². The molecular weight excluding hydrogens is 425 g/mol. The molecule has 2 aromatic rings. The molecule has 8 heteroatoms. The van der Waals surface area contributed by atoms with Crippen molar-refractivity contribution in [2.75, 3.05) is 6.61 Å². The van der Waals surface area contributed by atoms with E-state index in [1.807, 2.05) is 45.0 Å². The highest BCUT2D eigenvalue weighted by Crippen LogP contribution is 2.22. The predicted molar refractivity (Wildman–Crippen MR) is 121 cm³/mol. The first-order valence-electron chi connectivity index (χ1n) is 9.64. The highest BCUT2D eigenvalue weighted by atomic mass is 35.5. The summed E-state index contributed by atoms with van der Waals surface area (Å²) in [5.74, 6) is -0.330. The topological polar surface area (TPSA) is 79.8 Å². The fourth-order valence-electron chi connectivity index (χ4n) is 2.56. The number of rotatable bonds is 9. The minimum atomic E-state index is -0.782. The van der Waals surface area contributed by atoms with Gasteiger partial charge in [-0.05, 0) is 42.7 Å². The van der Waals surface area contributed by atoms with E-state index in [9.17, 15) is 9.59 Å². The minimum Gasteiger partial charge on any atom is -0.493 e. The second kappa shape index (κ2) is 11.6. The van der Waals surface area contributed by atoms with Crippen LogP contribution in [-0.4, -0.2) is 30.7 Å². The summed E-state index contributed by atoms with van der Waals surface area (Å²) in [5, 5.41) is 7.36. The number of hydrazone groups is 1. The van der Waals surface area contributed by atoms with Crippen LogP contribution in [0.15, 0.2) is 47.6 Å². The number of nitrogens with one attached hydrogen (secondary N) is 2. The fourth-order valence-corrected chi connectivity index (χ4v) is 2.86. The first kappa shape index (κ1) is 23.7. The lowest BCUT2D eigenvalue weighted by atomic mass is 10.0. The van der Waals surface area contributed by atoms with Gasteiger partial charge in [0.15, 0.2) is 0 Å². The molecule has 6 nitrogen and oxygen atoms in total. The SMILES string of the molecule is CCCOc1ccccc1C=NNC(=O)C(NC(=O)c1ccc(Cl)c(Cl)c1)C(C)C. The van der Waals surface area contributed by atoms with Crippen molar-refractivity contribution in [3.8, 4) is 5.75 Å². The molecule has 0 saturated heterocycles. The van der Waals surface area contributed by atoms with Gasteiger partial charge in [-0.2, -0.15) is 5.10 Å². The zero-order chi connectivity index (χ0) is 22.1. The molecule has 30 heavy (non-hydrogen) atoms. The van der Waals surface area contributed by atoms with E-state index in [1.165, 1.54) is 18.3 Å². The number of nitrogens with zero attached hydrogens (tertiary/aromatic N) is 1. The van der Waals surface area contributed by atoms with E-state index in [4.69, 9.17) is 27.9 Å². The lowest BCUT2D eigenvalue weighted by Gasteiger charge is -2.20. The number of hydrogen-bond donors (Lipinski definition) is 2. The second-order valence-corrected chi connectivity index (χ2v) is 7.76. The van der Waals surface area contributed by atoms with Gasteiger partial charge < -0.3 is 10.1 Å². The molecule has 1 unspecified atom stereocenters. The van der Waals surface area contributed by atoms with E-state index < -0.39 is 17.9 Å². The van der Waals surface area contributed by atoms with E-state index in [0.717, 1.165) is 12.0 Å². The van der Waals surface area contributed by atoms with Crippen LogP contribution in [0.2, 0.25) is 10.0 Å². The van der Waals surface area contributed by atoms with Gasteiger partial charge in [0.05, 0.1) is 22.9 Å². The Hall–Kier alpha value is -2.57. The van der Waals surface area contributed by atoms with Crippen molar-refractivity contribution in [3.05, 3.63) is 63.6 Å². The van der Waals surface area contributed by atoms with Gasteiger partial charge in [-0.25, -0.2) is 5.43 Å². The van der Waals surface area contributed by atoms with Crippen molar-refractivity contribution < 1.29 is 14.3 Å². The predicted octanol–water partition coefficient (Wildman–Crippen LogP) is 4.69. The molecule has 0 bridgehead atoms. The molecule has 0 aliphatic heterocycles. The summed E-state index contributed by atoms with van der Waals surface area (Å²) in [6.07, 6.45) is 2.40. The van der Waals surface area contributed by atoms with Gasteiger partial charge in [-0.3, -0.25) is 9.59 Å². The quantitative estimate of drug-likeness (QED) is 0.430. The largest absolute Gasteiger partial charge is 0.493 e. The minimum absolute atomic E-state index is 0.160. The summed E-state index contributed by atoms with van der Waals surface area (Å²) < 4.78 is 5.67. The van der Waals surface area contributed by atoms with E-state index in [-0.39, 0.29) is 10.9 Å². The van der Waals surface area contributed by atoms with Crippen molar-refractivity contribution in [3.63, 3.8) is 0 Å². The van der Waals surface area contributed by atoms with E-state index in [0.29, 0.717) is 22.9 Å². The molecule has 0 spiro atoms.